The fourth-order valence-corrected chi connectivity index (χ4v) is 3.33. The second kappa shape index (κ2) is 7.02. The van der Waals surface area contributed by atoms with Crippen molar-refractivity contribution in [2.45, 2.75) is 0 Å². The minimum Gasteiger partial charge on any atom is -0.477 e. The molecule has 4 rings (SSSR count). The lowest BCUT2D eigenvalue weighted by Gasteiger charge is -2.29. The van der Waals surface area contributed by atoms with Gasteiger partial charge in [0.15, 0.2) is 0 Å². The number of nitrogens with zero attached hydrogens (tertiary/aromatic N) is 3. The van der Waals surface area contributed by atoms with Gasteiger partial charge in [-0.15, -0.1) is 0 Å². The summed E-state index contributed by atoms with van der Waals surface area (Å²) < 4.78 is 6.98. The number of hydrogen-bond acceptors (Lipinski definition) is 5. The lowest BCUT2D eigenvalue weighted by Crippen LogP contribution is -2.36. The van der Waals surface area contributed by atoms with E-state index in [2.05, 4.69) is 9.88 Å². The Bertz CT molecular complexity index is 1090. The first-order valence-corrected chi connectivity index (χ1v) is 8.81. The third-order valence-corrected chi connectivity index (χ3v) is 4.74. The van der Waals surface area contributed by atoms with Crippen molar-refractivity contribution in [1.29, 1.82) is 0 Å². The Hall–Kier alpha value is -2.90. The number of hydrogen-bond donors (Lipinski definition) is 1. The van der Waals surface area contributed by atoms with Crippen molar-refractivity contribution in [1.82, 2.24) is 9.55 Å². The van der Waals surface area contributed by atoms with E-state index in [0.29, 0.717) is 24.5 Å². The van der Waals surface area contributed by atoms with E-state index in [1.807, 2.05) is 24.3 Å². The van der Waals surface area contributed by atoms with Crippen LogP contribution in [0.15, 0.2) is 47.4 Å². The van der Waals surface area contributed by atoms with E-state index in [1.165, 1.54) is 18.3 Å². The van der Waals surface area contributed by atoms with Crippen LogP contribution in [0.4, 0.5) is 5.69 Å². The van der Waals surface area contributed by atoms with Crippen molar-refractivity contribution in [2.75, 3.05) is 31.2 Å². The highest BCUT2D eigenvalue weighted by Gasteiger charge is 2.18. The molecule has 1 aliphatic heterocycles. The van der Waals surface area contributed by atoms with Gasteiger partial charge < -0.3 is 19.3 Å². The predicted molar refractivity (Wildman–Crippen MR) is 102 cm³/mol. The Morgan fingerprint density at radius 2 is 1.89 bits per heavy atom. The first-order chi connectivity index (χ1) is 13.0. The minimum absolute atomic E-state index is 0.205. The Balaban J connectivity index is 1.93. The summed E-state index contributed by atoms with van der Waals surface area (Å²) >= 11 is 6.02. The van der Waals surface area contributed by atoms with E-state index in [-0.39, 0.29) is 16.1 Å². The molecule has 0 unspecified atom stereocenters. The number of aromatic nitrogens is 2. The van der Waals surface area contributed by atoms with Crippen LogP contribution < -0.4 is 10.3 Å². The quantitative estimate of drug-likeness (QED) is 0.697. The van der Waals surface area contributed by atoms with Crippen molar-refractivity contribution >= 4 is 34.3 Å². The number of benzene rings is 1. The molecule has 0 atom stereocenters. The van der Waals surface area contributed by atoms with E-state index in [0.717, 1.165) is 18.8 Å². The summed E-state index contributed by atoms with van der Waals surface area (Å²) in [5.74, 6) is -1.28. The van der Waals surface area contributed by atoms with Crippen LogP contribution in [0, 0.1) is 0 Å². The van der Waals surface area contributed by atoms with Crippen molar-refractivity contribution in [3.63, 3.8) is 0 Å². The van der Waals surface area contributed by atoms with Gasteiger partial charge in [-0.05, 0) is 30.3 Å². The Kier molecular flexibility index (Phi) is 4.55. The van der Waals surface area contributed by atoms with E-state index >= 15 is 0 Å². The van der Waals surface area contributed by atoms with Crippen molar-refractivity contribution in [3.8, 4) is 5.69 Å². The highest BCUT2D eigenvalue weighted by molar-refractivity contribution is 6.29. The molecule has 3 heterocycles. The van der Waals surface area contributed by atoms with E-state index in [4.69, 9.17) is 16.3 Å². The Morgan fingerprint density at radius 3 is 2.63 bits per heavy atom. The molecule has 138 valence electrons. The normalized spacial score (nSPS) is 14.5. The number of rotatable bonds is 3. The molecule has 0 saturated carbocycles. The van der Waals surface area contributed by atoms with Crippen LogP contribution in [0.1, 0.15) is 10.4 Å². The average molecular weight is 386 g/mol. The van der Waals surface area contributed by atoms with Gasteiger partial charge in [0.1, 0.15) is 16.4 Å². The summed E-state index contributed by atoms with van der Waals surface area (Å²) in [4.78, 5) is 30.5. The molecule has 1 N–H and O–H groups in total. The van der Waals surface area contributed by atoms with Gasteiger partial charge in [-0.2, -0.15) is 0 Å². The summed E-state index contributed by atoms with van der Waals surface area (Å²) in [5.41, 5.74) is 1.10. The van der Waals surface area contributed by atoms with Crippen molar-refractivity contribution < 1.29 is 14.6 Å². The highest BCUT2D eigenvalue weighted by atomic mass is 35.5. The molecule has 0 spiro atoms. The van der Waals surface area contributed by atoms with Crippen LogP contribution in [0.2, 0.25) is 5.15 Å². The van der Waals surface area contributed by atoms with E-state index < -0.39 is 11.4 Å². The lowest BCUT2D eigenvalue weighted by molar-refractivity contribution is 0.0695. The molecular formula is C19H16ClN3O4. The number of carbonyl (C=O) groups is 1. The van der Waals surface area contributed by atoms with Gasteiger partial charge in [0.05, 0.1) is 18.6 Å². The number of anilines is 1. The molecule has 2 aromatic heterocycles. The Labute approximate surface area is 159 Å². The SMILES string of the molecule is O=C(O)c1cn(-c2cccc(N3CCOCC3)c2)c2nc(Cl)ccc2c1=O. The zero-order valence-corrected chi connectivity index (χ0v) is 15.0. The molecule has 0 radical (unpaired) electrons. The van der Waals surface area contributed by atoms with E-state index in [9.17, 15) is 14.7 Å². The number of carboxylic acids is 1. The molecule has 1 aliphatic rings. The topological polar surface area (TPSA) is 84.7 Å². The van der Waals surface area contributed by atoms with Crippen LogP contribution in [-0.2, 0) is 4.74 Å². The summed E-state index contributed by atoms with van der Waals surface area (Å²) in [6.45, 7) is 2.87. The fourth-order valence-electron chi connectivity index (χ4n) is 3.19. The zero-order chi connectivity index (χ0) is 19.0. The van der Waals surface area contributed by atoms with Gasteiger partial charge in [0.25, 0.3) is 0 Å². The maximum Gasteiger partial charge on any atom is 0.341 e. The fraction of sp³-hybridized carbons (Fsp3) is 0.211. The molecule has 8 heteroatoms. The first kappa shape index (κ1) is 17.5. The smallest absolute Gasteiger partial charge is 0.341 e. The summed E-state index contributed by atoms with van der Waals surface area (Å²) in [6, 6.07) is 10.6. The molecule has 1 aromatic carbocycles. The Morgan fingerprint density at radius 1 is 1.15 bits per heavy atom. The summed E-state index contributed by atoms with van der Waals surface area (Å²) in [7, 11) is 0. The first-order valence-electron chi connectivity index (χ1n) is 8.43. The van der Waals surface area contributed by atoms with Crippen LogP contribution in [0.3, 0.4) is 0 Å². The number of morpholine rings is 1. The molecule has 0 amide bonds. The van der Waals surface area contributed by atoms with Gasteiger partial charge >= 0.3 is 5.97 Å². The zero-order valence-electron chi connectivity index (χ0n) is 14.3. The number of carboxylic acid groups (broad SMARTS) is 1. The molecular weight excluding hydrogens is 370 g/mol. The highest BCUT2D eigenvalue weighted by Crippen LogP contribution is 2.23. The third kappa shape index (κ3) is 3.27. The molecule has 3 aromatic rings. The minimum atomic E-state index is -1.28. The van der Waals surface area contributed by atoms with Gasteiger partial charge in [0.2, 0.25) is 5.43 Å². The van der Waals surface area contributed by atoms with Gasteiger partial charge in [-0.25, -0.2) is 9.78 Å². The predicted octanol–water partition coefficient (Wildman–Crippen LogP) is 2.57. The van der Waals surface area contributed by atoms with Gasteiger partial charge in [-0.1, -0.05) is 17.7 Å². The molecule has 27 heavy (non-hydrogen) atoms. The lowest BCUT2D eigenvalue weighted by atomic mass is 10.1. The van der Waals surface area contributed by atoms with Crippen LogP contribution in [0.5, 0.6) is 0 Å². The van der Waals surface area contributed by atoms with Crippen molar-refractivity contribution in [3.05, 3.63) is 63.5 Å². The second-order valence-corrected chi connectivity index (χ2v) is 6.56. The molecule has 1 saturated heterocycles. The summed E-state index contributed by atoms with van der Waals surface area (Å²) in [6.07, 6.45) is 1.30. The number of fused-ring (bicyclic) bond motifs is 1. The second-order valence-electron chi connectivity index (χ2n) is 6.17. The number of ether oxygens (including phenoxy) is 1. The number of halogens is 1. The van der Waals surface area contributed by atoms with Gasteiger partial charge in [0, 0.05) is 30.7 Å². The molecule has 1 fully saturated rings. The molecule has 0 aliphatic carbocycles. The van der Waals surface area contributed by atoms with Crippen molar-refractivity contribution in [2.24, 2.45) is 0 Å². The average Bonchev–Trinajstić information content (AvgIpc) is 2.68. The summed E-state index contributed by atoms with van der Waals surface area (Å²) in [5, 5.41) is 9.86. The molecule has 7 nitrogen and oxygen atoms in total. The monoisotopic (exact) mass is 385 g/mol. The van der Waals surface area contributed by atoms with E-state index in [1.54, 1.807) is 4.57 Å². The van der Waals surface area contributed by atoms with Crippen LogP contribution in [0.25, 0.3) is 16.7 Å². The van der Waals surface area contributed by atoms with Crippen LogP contribution >= 0.6 is 11.6 Å². The molecule has 0 bridgehead atoms. The standard InChI is InChI=1S/C19H16ClN3O4/c20-16-5-4-14-17(24)15(19(25)26)11-23(18(14)21-16)13-3-1-2-12(10-13)22-6-8-27-9-7-22/h1-5,10-11H,6-9H2,(H,25,26). The number of aromatic carboxylic acids is 1. The largest absolute Gasteiger partial charge is 0.477 e. The maximum atomic E-state index is 12.5. The third-order valence-electron chi connectivity index (χ3n) is 4.53. The maximum absolute atomic E-state index is 12.5. The van der Waals surface area contributed by atoms with Crippen LogP contribution in [-0.4, -0.2) is 46.9 Å². The van der Waals surface area contributed by atoms with Gasteiger partial charge in [-0.3, -0.25) is 4.79 Å². The number of pyridine rings is 2.